The predicted molar refractivity (Wildman–Crippen MR) is 92.8 cm³/mol. The second-order valence-corrected chi connectivity index (χ2v) is 6.03. The number of nitrogens with two attached hydrogens (primary N) is 2. The van der Waals surface area contributed by atoms with Gasteiger partial charge >= 0.3 is 0 Å². The number of hydrogen-bond acceptors (Lipinski definition) is 5. The van der Waals surface area contributed by atoms with Crippen LogP contribution in [0.15, 0.2) is 24.3 Å². The first-order valence-electron chi connectivity index (χ1n) is 7.62. The first-order chi connectivity index (χ1) is 10.2. The second-order valence-electron chi connectivity index (χ2n) is 6.03. The molecular formula is C16H24ClN5. The average molecular weight is 322 g/mol. The molecule has 0 radical (unpaired) electrons. The van der Waals surface area contributed by atoms with Gasteiger partial charge in [0.1, 0.15) is 11.6 Å². The van der Waals surface area contributed by atoms with Crippen molar-refractivity contribution in [1.29, 1.82) is 0 Å². The molecule has 120 valence electrons. The fraction of sp³-hybridized carbons (Fsp3) is 0.500. The molecule has 4 N–H and O–H groups in total. The Balaban J connectivity index is 0.00000176. The van der Waals surface area contributed by atoms with E-state index in [4.69, 9.17) is 11.5 Å². The summed E-state index contributed by atoms with van der Waals surface area (Å²) in [6, 6.07) is 8.29. The van der Waals surface area contributed by atoms with Crippen LogP contribution < -0.4 is 11.5 Å². The van der Waals surface area contributed by atoms with Gasteiger partial charge in [0, 0.05) is 18.0 Å². The molecule has 3 rings (SSSR count). The van der Waals surface area contributed by atoms with Crippen molar-refractivity contribution in [1.82, 2.24) is 14.9 Å². The smallest absolute Gasteiger partial charge is 0.145 e. The van der Waals surface area contributed by atoms with Crippen LogP contribution in [0.1, 0.15) is 25.6 Å². The van der Waals surface area contributed by atoms with Gasteiger partial charge in [-0.05, 0) is 37.4 Å². The molecule has 1 aliphatic rings. The summed E-state index contributed by atoms with van der Waals surface area (Å²) in [5.74, 6) is 2.10. The Labute approximate surface area is 137 Å². The van der Waals surface area contributed by atoms with Gasteiger partial charge in [-0.3, -0.25) is 4.90 Å². The lowest BCUT2D eigenvalue weighted by atomic mass is 9.92. The molecule has 5 nitrogen and oxygen atoms in total. The number of anilines is 1. The number of nitrogens with zero attached hydrogens (tertiary/aromatic N) is 3. The molecule has 0 bridgehead atoms. The lowest BCUT2D eigenvalue weighted by molar-refractivity contribution is 0.112. The van der Waals surface area contributed by atoms with Crippen molar-refractivity contribution in [2.24, 2.45) is 11.7 Å². The van der Waals surface area contributed by atoms with Gasteiger partial charge in [0.2, 0.25) is 0 Å². The summed E-state index contributed by atoms with van der Waals surface area (Å²) in [6.07, 6.45) is 2.36. The number of nitrogen functional groups attached to an aromatic ring is 1. The Hall–Kier alpha value is -1.43. The number of hydrogen-bond donors (Lipinski definition) is 2. The monoisotopic (exact) mass is 321 g/mol. The molecule has 1 fully saturated rings. The van der Waals surface area contributed by atoms with Crippen molar-refractivity contribution in [3.8, 4) is 0 Å². The number of aromatic nitrogens is 2. The maximum Gasteiger partial charge on any atom is 0.145 e. The summed E-state index contributed by atoms with van der Waals surface area (Å²) in [6.45, 7) is 4.76. The minimum absolute atomic E-state index is 0. The third kappa shape index (κ3) is 3.48. The number of fused-ring (bicyclic) bond motifs is 1. The SMILES string of the molecule is CC1CCN(Cc2nc(N)c3ccccc3n2)C(CN)C1.Cl. The summed E-state index contributed by atoms with van der Waals surface area (Å²) in [7, 11) is 0. The summed E-state index contributed by atoms with van der Waals surface area (Å²) < 4.78 is 0. The van der Waals surface area contributed by atoms with Gasteiger partial charge in [0.15, 0.2) is 0 Å². The van der Waals surface area contributed by atoms with Crippen molar-refractivity contribution >= 4 is 29.1 Å². The quantitative estimate of drug-likeness (QED) is 0.905. The molecular weight excluding hydrogens is 298 g/mol. The van der Waals surface area contributed by atoms with Crippen LogP contribution in [0.25, 0.3) is 10.9 Å². The Morgan fingerprint density at radius 1 is 1.27 bits per heavy atom. The molecule has 1 saturated heterocycles. The first-order valence-corrected chi connectivity index (χ1v) is 7.62. The number of likely N-dealkylation sites (tertiary alicyclic amines) is 1. The zero-order valence-electron chi connectivity index (χ0n) is 12.9. The van der Waals surface area contributed by atoms with Gasteiger partial charge in [-0.15, -0.1) is 12.4 Å². The Kier molecular flexibility index (Phi) is 5.56. The van der Waals surface area contributed by atoms with Crippen LogP contribution in [-0.2, 0) is 6.54 Å². The van der Waals surface area contributed by atoms with E-state index in [0.29, 0.717) is 18.4 Å². The average Bonchev–Trinajstić information content (AvgIpc) is 2.49. The number of para-hydroxylation sites is 1. The molecule has 2 heterocycles. The van der Waals surface area contributed by atoms with E-state index < -0.39 is 0 Å². The normalized spacial score (nSPS) is 22.5. The van der Waals surface area contributed by atoms with Crippen LogP contribution in [0.2, 0.25) is 0 Å². The van der Waals surface area contributed by atoms with E-state index in [2.05, 4.69) is 21.8 Å². The largest absolute Gasteiger partial charge is 0.383 e. The van der Waals surface area contributed by atoms with Crippen molar-refractivity contribution in [2.45, 2.75) is 32.4 Å². The van der Waals surface area contributed by atoms with E-state index in [0.717, 1.165) is 42.2 Å². The van der Waals surface area contributed by atoms with Gasteiger partial charge in [0.25, 0.3) is 0 Å². The van der Waals surface area contributed by atoms with Gasteiger partial charge in [-0.2, -0.15) is 0 Å². The maximum atomic E-state index is 6.06. The molecule has 0 amide bonds. The lowest BCUT2D eigenvalue weighted by Crippen LogP contribution is -2.45. The highest BCUT2D eigenvalue weighted by atomic mass is 35.5. The summed E-state index contributed by atoms with van der Waals surface area (Å²) in [5, 5.41) is 0.920. The lowest BCUT2D eigenvalue weighted by Gasteiger charge is -2.37. The van der Waals surface area contributed by atoms with Gasteiger partial charge < -0.3 is 11.5 Å². The van der Waals surface area contributed by atoms with Crippen LogP contribution in [0.5, 0.6) is 0 Å². The minimum Gasteiger partial charge on any atom is -0.383 e. The van der Waals surface area contributed by atoms with Crippen molar-refractivity contribution in [3.05, 3.63) is 30.1 Å². The predicted octanol–water partition coefficient (Wildman–Crippen LogP) is 2.19. The molecule has 2 unspecified atom stereocenters. The fourth-order valence-corrected chi connectivity index (χ4v) is 3.16. The van der Waals surface area contributed by atoms with Crippen LogP contribution >= 0.6 is 12.4 Å². The van der Waals surface area contributed by atoms with E-state index >= 15 is 0 Å². The topological polar surface area (TPSA) is 81.1 Å². The van der Waals surface area contributed by atoms with Crippen molar-refractivity contribution in [3.63, 3.8) is 0 Å². The zero-order valence-corrected chi connectivity index (χ0v) is 13.7. The van der Waals surface area contributed by atoms with Crippen LogP contribution in [0.4, 0.5) is 5.82 Å². The Morgan fingerprint density at radius 2 is 2.05 bits per heavy atom. The molecule has 1 aromatic carbocycles. The standard InChI is InChI=1S/C16H23N5.ClH/c1-11-6-7-21(12(8-11)9-17)10-15-19-14-5-3-2-4-13(14)16(18)20-15;/h2-5,11-12H,6-10,17H2,1H3,(H2,18,19,20);1H. The summed E-state index contributed by atoms with van der Waals surface area (Å²) >= 11 is 0. The first kappa shape index (κ1) is 16.9. The molecule has 1 aliphatic heterocycles. The third-order valence-electron chi connectivity index (χ3n) is 4.40. The molecule has 0 aliphatic carbocycles. The van der Waals surface area contributed by atoms with E-state index in [1.807, 2.05) is 24.3 Å². The van der Waals surface area contributed by atoms with Gasteiger partial charge in [-0.25, -0.2) is 9.97 Å². The minimum atomic E-state index is 0. The van der Waals surface area contributed by atoms with Gasteiger partial charge in [-0.1, -0.05) is 19.1 Å². The van der Waals surface area contributed by atoms with E-state index in [1.165, 1.54) is 6.42 Å². The fourth-order valence-electron chi connectivity index (χ4n) is 3.16. The van der Waals surface area contributed by atoms with E-state index in [9.17, 15) is 0 Å². The van der Waals surface area contributed by atoms with Crippen LogP contribution in [0, 0.1) is 5.92 Å². The zero-order chi connectivity index (χ0) is 14.8. The number of halogens is 1. The van der Waals surface area contributed by atoms with Crippen molar-refractivity contribution in [2.75, 3.05) is 18.8 Å². The molecule has 2 aromatic rings. The van der Waals surface area contributed by atoms with Crippen molar-refractivity contribution < 1.29 is 0 Å². The molecule has 2 atom stereocenters. The molecule has 1 aromatic heterocycles. The van der Waals surface area contributed by atoms with Crippen LogP contribution in [-0.4, -0.2) is 34.0 Å². The highest BCUT2D eigenvalue weighted by Crippen LogP contribution is 2.24. The highest BCUT2D eigenvalue weighted by Gasteiger charge is 2.26. The second kappa shape index (κ2) is 7.22. The molecule has 0 spiro atoms. The Bertz CT molecular complexity index is 633. The van der Waals surface area contributed by atoms with Crippen LogP contribution in [0.3, 0.4) is 0 Å². The molecule has 22 heavy (non-hydrogen) atoms. The number of benzene rings is 1. The maximum absolute atomic E-state index is 6.06. The van der Waals surface area contributed by atoms with E-state index in [1.54, 1.807) is 0 Å². The summed E-state index contributed by atoms with van der Waals surface area (Å²) in [4.78, 5) is 11.5. The van der Waals surface area contributed by atoms with Gasteiger partial charge in [0.05, 0.1) is 12.1 Å². The number of piperidine rings is 1. The van der Waals surface area contributed by atoms with E-state index in [-0.39, 0.29) is 12.4 Å². The third-order valence-corrected chi connectivity index (χ3v) is 4.40. The highest BCUT2D eigenvalue weighted by molar-refractivity contribution is 5.87. The molecule has 6 heteroatoms. The number of rotatable bonds is 3. The molecule has 0 saturated carbocycles. The Morgan fingerprint density at radius 3 is 2.82 bits per heavy atom. The summed E-state index contributed by atoms with van der Waals surface area (Å²) in [5.41, 5.74) is 12.9.